The molecule has 1 unspecified atom stereocenters. The zero-order valence-corrected chi connectivity index (χ0v) is 13.3. The van der Waals surface area contributed by atoms with Gasteiger partial charge in [0.15, 0.2) is 15.8 Å². The molecule has 0 saturated heterocycles. The molecule has 0 amide bonds. The van der Waals surface area contributed by atoms with E-state index in [1.165, 1.54) is 0 Å². The molecule has 2 rings (SSSR count). The van der Waals surface area contributed by atoms with Crippen molar-refractivity contribution < 1.29 is 0 Å². The average Bonchev–Trinajstić information content (AvgIpc) is 2.80. The molecule has 18 heavy (non-hydrogen) atoms. The van der Waals surface area contributed by atoms with Crippen LogP contribution in [0.1, 0.15) is 6.92 Å². The molecule has 2 aromatic rings. The van der Waals surface area contributed by atoms with Crippen molar-refractivity contribution in [3.63, 3.8) is 0 Å². The molecule has 0 aliphatic rings. The van der Waals surface area contributed by atoms with Crippen molar-refractivity contribution in [2.75, 3.05) is 30.2 Å². The Hall–Kier alpha value is -0.530. The molecule has 0 bridgehead atoms. The van der Waals surface area contributed by atoms with Crippen molar-refractivity contribution in [2.24, 2.45) is 0 Å². The zero-order valence-electron chi connectivity index (χ0n) is 10.9. The third-order valence-electron chi connectivity index (χ3n) is 2.73. The van der Waals surface area contributed by atoms with Crippen LogP contribution >= 0.6 is 34.9 Å². The van der Waals surface area contributed by atoms with Crippen molar-refractivity contribution in [3.05, 3.63) is 6.33 Å². The molecule has 0 fully saturated rings. The van der Waals surface area contributed by atoms with E-state index in [2.05, 4.69) is 40.1 Å². The molecule has 0 spiro atoms. The highest BCUT2D eigenvalue weighted by molar-refractivity contribution is 8.00. The number of aromatic nitrogens is 3. The molecular formula is C11H16N4S3. The predicted octanol–water partition coefficient (Wildman–Crippen LogP) is 3.00. The number of thiazole rings is 1. The number of hydrogen-bond donors (Lipinski definition) is 0. The van der Waals surface area contributed by atoms with Gasteiger partial charge in [0.25, 0.3) is 0 Å². The van der Waals surface area contributed by atoms with Gasteiger partial charge >= 0.3 is 0 Å². The molecule has 1 atom stereocenters. The average molecular weight is 300 g/mol. The maximum absolute atomic E-state index is 4.48. The SMILES string of the molecule is CSCC(C)N(C)c1ncnc2nc(SC)sc12. The third kappa shape index (κ3) is 2.73. The minimum atomic E-state index is 0.443. The zero-order chi connectivity index (χ0) is 13.1. The Morgan fingerprint density at radius 2 is 2.17 bits per heavy atom. The van der Waals surface area contributed by atoms with Crippen LogP contribution in [-0.4, -0.2) is 46.3 Å². The lowest BCUT2D eigenvalue weighted by Crippen LogP contribution is -2.31. The van der Waals surface area contributed by atoms with Gasteiger partial charge in [0.1, 0.15) is 11.0 Å². The van der Waals surface area contributed by atoms with Crippen LogP contribution < -0.4 is 4.90 Å². The number of rotatable bonds is 5. The lowest BCUT2D eigenvalue weighted by molar-refractivity contribution is 0.756. The monoisotopic (exact) mass is 300 g/mol. The molecule has 0 aliphatic heterocycles. The first kappa shape index (κ1) is 13.9. The Labute approximate surface area is 120 Å². The summed E-state index contributed by atoms with van der Waals surface area (Å²) < 4.78 is 2.12. The van der Waals surface area contributed by atoms with E-state index in [9.17, 15) is 0 Å². The van der Waals surface area contributed by atoms with Crippen molar-refractivity contribution in [2.45, 2.75) is 17.3 Å². The summed E-state index contributed by atoms with van der Waals surface area (Å²) in [5.74, 6) is 2.07. The van der Waals surface area contributed by atoms with Gasteiger partial charge in [-0.2, -0.15) is 11.8 Å². The van der Waals surface area contributed by atoms with Gasteiger partial charge < -0.3 is 4.90 Å². The number of anilines is 1. The van der Waals surface area contributed by atoms with Crippen LogP contribution in [0.5, 0.6) is 0 Å². The molecule has 2 aromatic heterocycles. The Kier molecular flexibility index (Phi) is 4.69. The second-order valence-electron chi connectivity index (χ2n) is 3.95. The molecule has 0 aliphatic carbocycles. The van der Waals surface area contributed by atoms with Crippen molar-refractivity contribution >= 4 is 51.0 Å². The Balaban J connectivity index is 2.40. The van der Waals surface area contributed by atoms with Gasteiger partial charge in [0, 0.05) is 18.8 Å². The van der Waals surface area contributed by atoms with Crippen LogP contribution in [0.4, 0.5) is 5.82 Å². The summed E-state index contributed by atoms with van der Waals surface area (Å²) in [7, 11) is 2.08. The summed E-state index contributed by atoms with van der Waals surface area (Å²) in [6, 6.07) is 0.443. The fourth-order valence-corrected chi connectivity index (χ4v) is 3.87. The molecular weight excluding hydrogens is 284 g/mol. The summed E-state index contributed by atoms with van der Waals surface area (Å²) in [5, 5.41) is 0. The van der Waals surface area contributed by atoms with Gasteiger partial charge in [-0.15, -0.1) is 11.3 Å². The predicted molar refractivity (Wildman–Crippen MR) is 83.2 cm³/mol. The van der Waals surface area contributed by atoms with Crippen LogP contribution in [0.25, 0.3) is 10.3 Å². The van der Waals surface area contributed by atoms with Gasteiger partial charge in [-0.3, -0.25) is 0 Å². The van der Waals surface area contributed by atoms with Gasteiger partial charge in [-0.25, -0.2) is 15.0 Å². The smallest absolute Gasteiger partial charge is 0.176 e. The normalized spacial score (nSPS) is 12.9. The topological polar surface area (TPSA) is 41.9 Å². The van der Waals surface area contributed by atoms with Gasteiger partial charge in [0.05, 0.1) is 0 Å². The first-order valence-corrected chi connectivity index (χ1v) is 8.98. The van der Waals surface area contributed by atoms with E-state index in [4.69, 9.17) is 0 Å². The van der Waals surface area contributed by atoms with E-state index in [1.54, 1.807) is 29.4 Å². The fourth-order valence-electron chi connectivity index (χ4n) is 1.62. The fraction of sp³-hybridized carbons (Fsp3) is 0.545. The molecule has 0 radical (unpaired) electrons. The molecule has 4 nitrogen and oxygen atoms in total. The largest absolute Gasteiger partial charge is 0.355 e. The number of nitrogens with zero attached hydrogens (tertiary/aromatic N) is 4. The van der Waals surface area contributed by atoms with Crippen LogP contribution in [0.2, 0.25) is 0 Å². The van der Waals surface area contributed by atoms with Crippen LogP contribution in [0.3, 0.4) is 0 Å². The Bertz CT molecular complexity index is 528. The van der Waals surface area contributed by atoms with E-state index in [1.807, 2.05) is 18.0 Å². The second kappa shape index (κ2) is 6.08. The first-order valence-electron chi connectivity index (χ1n) is 5.54. The standard InChI is InChI=1S/C11H16N4S3/c1-7(5-16-3)15(2)10-8-9(12-6-13-10)14-11(17-4)18-8/h6-7H,5H2,1-4H3. The first-order chi connectivity index (χ1) is 8.67. The highest BCUT2D eigenvalue weighted by atomic mass is 32.2. The lowest BCUT2D eigenvalue weighted by atomic mass is 10.3. The Morgan fingerprint density at radius 3 is 2.83 bits per heavy atom. The van der Waals surface area contributed by atoms with E-state index in [-0.39, 0.29) is 0 Å². The van der Waals surface area contributed by atoms with E-state index in [0.717, 1.165) is 26.3 Å². The maximum Gasteiger partial charge on any atom is 0.176 e. The number of thioether (sulfide) groups is 2. The van der Waals surface area contributed by atoms with Crippen molar-refractivity contribution in [1.29, 1.82) is 0 Å². The quantitative estimate of drug-likeness (QED) is 0.791. The summed E-state index contributed by atoms with van der Waals surface area (Å²) in [6.45, 7) is 2.21. The second-order valence-corrected chi connectivity index (χ2v) is 6.91. The number of hydrogen-bond acceptors (Lipinski definition) is 7. The molecule has 98 valence electrons. The summed E-state index contributed by atoms with van der Waals surface area (Å²) in [4.78, 5) is 15.4. The highest BCUT2D eigenvalue weighted by Crippen LogP contribution is 2.32. The van der Waals surface area contributed by atoms with Gasteiger partial charge in [-0.1, -0.05) is 11.8 Å². The summed E-state index contributed by atoms with van der Waals surface area (Å²) >= 11 is 5.16. The van der Waals surface area contributed by atoms with Gasteiger partial charge in [0.2, 0.25) is 0 Å². The lowest BCUT2D eigenvalue weighted by Gasteiger charge is -2.25. The van der Waals surface area contributed by atoms with Gasteiger partial charge in [-0.05, 0) is 19.4 Å². The molecule has 0 N–H and O–H groups in total. The maximum atomic E-state index is 4.48. The Morgan fingerprint density at radius 1 is 1.39 bits per heavy atom. The van der Waals surface area contributed by atoms with E-state index in [0.29, 0.717) is 6.04 Å². The minimum Gasteiger partial charge on any atom is -0.355 e. The van der Waals surface area contributed by atoms with Crippen LogP contribution in [-0.2, 0) is 0 Å². The third-order valence-corrected chi connectivity index (χ3v) is 5.57. The molecule has 0 saturated carbocycles. The molecule has 7 heteroatoms. The minimum absolute atomic E-state index is 0.443. The summed E-state index contributed by atoms with van der Waals surface area (Å²) in [5.41, 5.74) is 0.803. The van der Waals surface area contributed by atoms with E-state index >= 15 is 0 Å². The molecule has 0 aromatic carbocycles. The van der Waals surface area contributed by atoms with Crippen molar-refractivity contribution in [3.8, 4) is 0 Å². The van der Waals surface area contributed by atoms with Crippen molar-refractivity contribution in [1.82, 2.24) is 15.0 Å². The number of fused-ring (bicyclic) bond motifs is 1. The van der Waals surface area contributed by atoms with E-state index < -0.39 is 0 Å². The summed E-state index contributed by atoms with van der Waals surface area (Å²) in [6.07, 6.45) is 5.76. The highest BCUT2D eigenvalue weighted by Gasteiger charge is 2.17. The van der Waals surface area contributed by atoms with Crippen LogP contribution in [0.15, 0.2) is 10.7 Å². The molecule has 2 heterocycles. The van der Waals surface area contributed by atoms with Crippen LogP contribution in [0, 0.1) is 0 Å².